The Kier molecular flexibility index (Phi) is 4.76. The molecule has 0 bridgehead atoms. The van der Waals surface area contributed by atoms with E-state index in [1.54, 1.807) is 0 Å². The van der Waals surface area contributed by atoms with Crippen LogP contribution in [0.1, 0.15) is 31.2 Å². The molecule has 1 aliphatic heterocycles. The molecular weight excluding hydrogens is 276 g/mol. The number of amides is 2. The molecule has 4 nitrogen and oxygen atoms in total. The highest BCUT2D eigenvalue weighted by Gasteiger charge is 2.30. The van der Waals surface area contributed by atoms with Crippen LogP contribution >= 0.6 is 0 Å². The average molecular weight is 300 g/mol. The Balaban J connectivity index is 1.39. The standard InChI is InChI=1S/C18H24N2O2/c21-17(13-19-18(22)16-6-7-16)20-10-8-15(9-11-20)12-14-4-2-1-3-5-14/h1-5,15-16H,6-13H2,(H,19,22). The summed E-state index contributed by atoms with van der Waals surface area (Å²) < 4.78 is 0. The quantitative estimate of drug-likeness (QED) is 0.904. The zero-order valence-electron chi connectivity index (χ0n) is 13.0. The van der Waals surface area contributed by atoms with Gasteiger partial charge in [0.25, 0.3) is 0 Å². The van der Waals surface area contributed by atoms with Crippen molar-refractivity contribution in [2.24, 2.45) is 11.8 Å². The molecule has 0 radical (unpaired) electrons. The van der Waals surface area contributed by atoms with Crippen molar-refractivity contribution in [3.05, 3.63) is 35.9 Å². The monoisotopic (exact) mass is 300 g/mol. The SMILES string of the molecule is O=C(NCC(=O)N1CCC(Cc2ccccc2)CC1)C1CC1. The fourth-order valence-electron chi connectivity index (χ4n) is 3.10. The summed E-state index contributed by atoms with van der Waals surface area (Å²) in [6.45, 7) is 1.80. The summed E-state index contributed by atoms with van der Waals surface area (Å²) in [5.74, 6) is 0.941. The van der Waals surface area contributed by atoms with Crippen LogP contribution < -0.4 is 5.32 Å². The minimum Gasteiger partial charge on any atom is -0.347 e. The molecular formula is C18H24N2O2. The van der Waals surface area contributed by atoms with Crippen molar-refractivity contribution in [1.29, 1.82) is 0 Å². The smallest absolute Gasteiger partial charge is 0.241 e. The summed E-state index contributed by atoms with van der Waals surface area (Å²) in [6, 6.07) is 10.5. The maximum absolute atomic E-state index is 12.1. The van der Waals surface area contributed by atoms with E-state index in [9.17, 15) is 9.59 Å². The van der Waals surface area contributed by atoms with Gasteiger partial charge in [-0.15, -0.1) is 0 Å². The lowest BCUT2D eigenvalue weighted by Gasteiger charge is -2.32. The van der Waals surface area contributed by atoms with E-state index in [1.165, 1.54) is 5.56 Å². The van der Waals surface area contributed by atoms with E-state index in [4.69, 9.17) is 0 Å². The maximum Gasteiger partial charge on any atom is 0.241 e. The number of rotatable bonds is 5. The number of likely N-dealkylation sites (tertiary alicyclic amines) is 1. The van der Waals surface area contributed by atoms with E-state index in [-0.39, 0.29) is 24.3 Å². The molecule has 1 aromatic carbocycles. The fraction of sp³-hybridized carbons (Fsp3) is 0.556. The lowest BCUT2D eigenvalue weighted by Crippen LogP contribution is -2.44. The Morgan fingerprint density at radius 1 is 1.05 bits per heavy atom. The summed E-state index contributed by atoms with van der Waals surface area (Å²) in [6.07, 6.45) is 5.16. The molecule has 1 aliphatic carbocycles. The Morgan fingerprint density at radius 3 is 2.36 bits per heavy atom. The number of nitrogens with one attached hydrogen (secondary N) is 1. The number of hydrogen-bond acceptors (Lipinski definition) is 2. The highest BCUT2D eigenvalue weighted by Crippen LogP contribution is 2.28. The third kappa shape index (κ3) is 4.09. The largest absolute Gasteiger partial charge is 0.347 e. The van der Waals surface area contributed by atoms with Crippen molar-refractivity contribution in [1.82, 2.24) is 10.2 Å². The number of hydrogen-bond donors (Lipinski definition) is 1. The molecule has 0 spiro atoms. The van der Waals surface area contributed by atoms with Gasteiger partial charge >= 0.3 is 0 Å². The van der Waals surface area contributed by atoms with Crippen molar-refractivity contribution >= 4 is 11.8 Å². The van der Waals surface area contributed by atoms with Gasteiger partial charge in [-0.1, -0.05) is 30.3 Å². The van der Waals surface area contributed by atoms with Crippen LogP contribution in [-0.4, -0.2) is 36.3 Å². The first kappa shape index (κ1) is 15.1. The molecule has 2 amide bonds. The van der Waals surface area contributed by atoms with E-state index < -0.39 is 0 Å². The van der Waals surface area contributed by atoms with E-state index in [2.05, 4.69) is 29.6 Å². The average Bonchev–Trinajstić information content (AvgIpc) is 3.39. The molecule has 1 saturated carbocycles. The van der Waals surface area contributed by atoms with E-state index in [0.29, 0.717) is 5.92 Å². The van der Waals surface area contributed by atoms with Gasteiger partial charge in [-0.25, -0.2) is 0 Å². The van der Waals surface area contributed by atoms with Gasteiger partial charge in [0.2, 0.25) is 11.8 Å². The van der Waals surface area contributed by atoms with E-state index in [1.807, 2.05) is 11.0 Å². The number of carbonyl (C=O) groups excluding carboxylic acids is 2. The van der Waals surface area contributed by atoms with Crippen molar-refractivity contribution < 1.29 is 9.59 Å². The molecule has 2 fully saturated rings. The minimum absolute atomic E-state index is 0.0484. The molecule has 0 atom stereocenters. The third-order valence-electron chi connectivity index (χ3n) is 4.70. The van der Waals surface area contributed by atoms with Gasteiger partial charge in [-0.2, -0.15) is 0 Å². The Morgan fingerprint density at radius 2 is 1.73 bits per heavy atom. The molecule has 4 heteroatoms. The first-order valence-electron chi connectivity index (χ1n) is 8.32. The molecule has 0 unspecified atom stereocenters. The van der Waals surface area contributed by atoms with Gasteiger partial charge in [-0.3, -0.25) is 9.59 Å². The first-order chi connectivity index (χ1) is 10.7. The molecule has 1 saturated heterocycles. The maximum atomic E-state index is 12.1. The van der Waals surface area contributed by atoms with Gasteiger partial charge in [-0.05, 0) is 43.6 Å². The van der Waals surface area contributed by atoms with Gasteiger partial charge < -0.3 is 10.2 Å². The summed E-state index contributed by atoms with van der Waals surface area (Å²) in [5, 5.41) is 2.76. The summed E-state index contributed by atoms with van der Waals surface area (Å²) in [4.78, 5) is 25.6. The summed E-state index contributed by atoms with van der Waals surface area (Å²) >= 11 is 0. The van der Waals surface area contributed by atoms with Gasteiger partial charge in [0.1, 0.15) is 0 Å². The number of benzene rings is 1. The van der Waals surface area contributed by atoms with Crippen LogP contribution in [0.5, 0.6) is 0 Å². The second-order valence-electron chi connectivity index (χ2n) is 6.51. The highest BCUT2D eigenvalue weighted by atomic mass is 16.2. The zero-order valence-corrected chi connectivity index (χ0v) is 13.0. The highest BCUT2D eigenvalue weighted by molar-refractivity contribution is 5.86. The van der Waals surface area contributed by atoms with Crippen LogP contribution in [0.3, 0.4) is 0 Å². The second kappa shape index (κ2) is 6.95. The molecule has 1 heterocycles. The van der Waals surface area contributed by atoms with E-state index >= 15 is 0 Å². The van der Waals surface area contributed by atoms with Crippen molar-refractivity contribution in [2.45, 2.75) is 32.1 Å². The summed E-state index contributed by atoms with van der Waals surface area (Å²) in [5.41, 5.74) is 1.38. The lowest BCUT2D eigenvalue weighted by molar-refractivity contribution is -0.134. The van der Waals surface area contributed by atoms with Crippen LogP contribution in [0.4, 0.5) is 0 Å². The molecule has 1 N–H and O–H groups in total. The molecule has 118 valence electrons. The Labute approximate surface area is 131 Å². The summed E-state index contributed by atoms with van der Waals surface area (Å²) in [7, 11) is 0. The predicted octanol–water partition coefficient (Wildman–Crippen LogP) is 1.99. The van der Waals surface area contributed by atoms with Crippen LogP contribution in [0.2, 0.25) is 0 Å². The first-order valence-corrected chi connectivity index (χ1v) is 8.32. The van der Waals surface area contributed by atoms with Crippen molar-refractivity contribution in [2.75, 3.05) is 19.6 Å². The van der Waals surface area contributed by atoms with Gasteiger partial charge in [0.15, 0.2) is 0 Å². The number of carbonyl (C=O) groups is 2. The van der Waals surface area contributed by atoms with Crippen LogP contribution in [-0.2, 0) is 16.0 Å². The van der Waals surface area contributed by atoms with E-state index in [0.717, 1.165) is 45.2 Å². The van der Waals surface area contributed by atoms with Crippen LogP contribution in [0.15, 0.2) is 30.3 Å². The topological polar surface area (TPSA) is 49.4 Å². The third-order valence-corrected chi connectivity index (χ3v) is 4.70. The molecule has 0 aromatic heterocycles. The molecule has 2 aliphatic rings. The predicted molar refractivity (Wildman–Crippen MR) is 85.2 cm³/mol. The normalized spacial score (nSPS) is 19.0. The molecule has 22 heavy (non-hydrogen) atoms. The Bertz CT molecular complexity index is 517. The number of piperidine rings is 1. The molecule has 1 aromatic rings. The van der Waals surface area contributed by atoms with Gasteiger partial charge in [0.05, 0.1) is 6.54 Å². The lowest BCUT2D eigenvalue weighted by atomic mass is 9.90. The minimum atomic E-state index is 0.0484. The van der Waals surface area contributed by atoms with Crippen molar-refractivity contribution in [3.63, 3.8) is 0 Å². The molecule has 3 rings (SSSR count). The van der Waals surface area contributed by atoms with Crippen LogP contribution in [0, 0.1) is 11.8 Å². The Hall–Kier alpha value is -1.84. The fourth-order valence-corrected chi connectivity index (χ4v) is 3.10. The second-order valence-corrected chi connectivity index (χ2v) is 6.51. The zero-order chi connectivity index (χ0) is 15.4. The van der Waals surface area contributed by atoms with Gasteiger partial charge in [0, 0.05) is 19.0 Å². The number of nitrogens with zero attached hydrogens (tertiary/aromatic N) is 1. The van der Waals surface area contributed by atoms with Crippen LogP contribution in [0.25, 0.3) is 0 Å². The van der Waals surface area contributed by atoms with Crippen molar-refractivity contribution in [3.8, 4) is 0 Å².